The van der Waals surface area contributed by atoms with Gasteiger partial charge in [-0.15, -0.1) is 0 Å². The number of nitrogens with zero attached hydrogens (tertiary/aromatic N) is 2. The number of hydrogen-bond acceptors (Lipinski definition) is 6. The molecule has 8 nitrogen and oxygen atoms in total. The Morgan fingerprint density at radius 1 is 0.917 bits per heavy atom. The summed E-state index contributed by atoms with van der Waals surface area (Å²) in [6.07, 6.45) is 0.872. The summed E-state index contributed by atoms with van der Waals surface area (Å²) in [5.74, 6) is -2.30. The van der Waals surface area contributed by atoms with Crippen molar-refractivity contribution in [3.05, 3.63) is 90.0 Å². The molecule has 0 spiro atoms. The summed E-state index contributed by atoms with van der Waals surface area (Å²) in [7, 11) is 0. The van der Waals surface area contributed by atoms with Gasteiger partial charge in [0.1, 0.15) is 11.7 Å². The number of imide groups is 1. The zero-order valence-electron chi connectivity index (χ0n) is 19.7. The van der Waals surface area contributed by atoms with Crippen LogP contribution in [0.15, 0.2) is 78.9 Å². The number of benzene rings is 3. The van der Waals surface area contributed by atoms with Gasteiger partial charge >= 0.3 is 5.97 Å². The van der Waals surface area contributed by atoms with Gasteiger partial charge in [-0.1, -0.05) is 49.7 Å². The van der Waals surface area contributed by atoms with Gasteiger partial charge < -0.3 is 9.84 Å². The van der Waals surface area contributed by atoms with E-state index in [0.29, 0.717) is 29.3 Å². The predicted octanol–water partition coefficient (Wildman–Crippen LogP) is 4.61. The highest BCUT2D eigenvalue weighted by molar-refractivity contribution is 6.24. The number of ether oxygens (including phenoxy) is 1. The fourth-order valence-corrected chi connectivity index (χ4v) is 4.76. The second-order valence-corrected chi connectivity index (χ2v) is 8.76. The van der Waals surface area contributed by atoms with Gasteiger partial charge in [-0.3, -0.25) is 14.4 Å². The zero-order chi connectivity index (χ0) is 25.2. The van der Waals surface area contributed by atoms with Crippen LogP contribution in [0.5, 0.6) is 5.75 Å². The fraction of sp³-hybridized carbons (Fsp3) is 0.250. The van der Waals surface area contributed by atoms with E-state index >= 15 is 0 Å². The lowest BCUT2D eigenvalue weighted by molar-refractivity contribution is -0.126. The molecule has 2 aliphatic rings. The highest BCUT2D eigenvalue weighted by Crippen LogP contribution is 2.48. The molecule has 0 aromatic heterocycles. The van der Waals surface area contributed by atoms with E-state index in [2.05, 4.69) is 6.92 Å². The van der Waals surface area contributed by atoms with Crippen LogP contribution in [0.25, 0.3) is 0 Å². The SMILES string of the molecule is CCCCOc1ccc(N2C(=O)[C@H]3[C@H](ON(c4ccccc4)[C@H]3c3ccccc3C(=O)O)C2=O)cc1. The molecule has 36 heavy (non-hydrogen) atoms. The number of unbranched alkanes of at least 4 members (excludes halogenated alkanes) is 1. The topological polar surface area (TPSA) is 96.4 Å². The Balaban J connectivity index is 1.51. The van der Waals surface area contributed by atoms with Gasteiger partial charge in [0.05, 0.1) is 29.6 Å². The number of carbonyl (C=O) groups excluding carboxylic acids is 2. The van der Waals surface area contributed by atoms with E-state index in [0.717, 1.165) is 17.7 Å². The quantitative estimate of drug-likeness (QED) is 0.367. The minimum Gasteiger partial charge on any atom is -0.494 e. The van der Waals surface area contributed by atoms with Crippen molar-refractivity contribution in [2.75, 3.05) is 16.6 Å². The third-order valence-electron chi connectivity index (χ3n) is 6.50. The van der Waals surface area contributed by atoms with Gasteiger partial charge in [-0.05, 0) is 54.4 Å². The van der Waals surface area contributed by atoms with E-state index < -0.39 is 35.8 Å². The molecule has 2 aliphatic heterocycles. The first-order valence-electron chi connectivity index (χ1n) is 11.9. The summed E-state index contributed by atoms with van der Waals surface area (Å²) in [5.41, 5.74) is 1.50. The molecular formula is C28H26N2O6. The molecule has 3 aromatic carbocycles. The lowest BCUT2D eigenvalue weighted by Gasteiger charge is -2.29. The zero-order valence-corrected chi connectivity index (χ0v) is 19.7. The number of carbonyl (C=O) groups is 3. The van der Waals surface area contributed by atoms with Crippen molar-refractivity contribution in [2.24, 2.45) is 5.92 Å². The van der Waals surface area contributed by atoms with Gasteiger partial charge in [0.25, 0.3) is 5.91 Å². The average molecular weight is 487 g/mol. The van der Waals surface area contributed by atoms with E-state index in [1.54, 1.807) is 54.6 Å². The first-order valence-corrected chi connectivity index (χ1v) is 11.9. The second kappa shape index (κ2) is 9.83. The lowest BCUT2D eigenvalue weighted by Crippen LogP contribution is -2.37. The molecule has 2 heterocycles. The van der Waals surface area contributed by atoms with Gasteiger partial charge in [-0.25, -0.2) is 14.8 Å². The van der Waals surface area contributed by atoms with Gasteiger partial charge in [-0.2, -0.15) is 0 Å². The maximum absolute atomic E-state index is 13.8. The number of anilines is 2. The summed E-state index contributed by atoms with van der Waals surface area (Å²) < 4.78 is 5.69. The number of carboxylic acids is 1. The number of rotatable bonds is 8. The Labute approximate surface area is 208 Å². The van der Waals surface area contributed by atoms with Crippen molar-refractivity contribution in [3.8, 4) is 5.75 Å². The van der Waals surface area contributed by atoms with Gasteiger partial charge in [0.15, 0.2) is 6.10 Å². The average Bonchev–Trinajstić information content (AvgIpc) is 3.41. The Kier molecular flexibility index (Phi) is 6.43. The predicted molar refractivity (Wildman–Crippen MR) is 133 cm³/mol. The summed E-state index contributed by atoms with van der Waals surface area (Å²) in [5, 5.41) is 11.3. The molecule has 2 saturated heterocycles. The Morgan fingerprint density at radius 3 is 2.31 bits per heavy atom. The standard InChI is InChI=1S/C28H26N2O6/c1-2-3-17-35-20-15-13-18(14-16-20)29-26(31)23-24(21-11-7-8-12-22(21)28(33)34)30(36-25(23)27(29)32)19-9-5-4-6-10-19/h4-16,23-25H,2-3,17H2,1H3,(H,33,34)/t23-,24+,25+/m1/s1. The summed E-state index contributed by atoms with van der Waals surface area (Å²) >= 11 is 0. The number of para-hydroxylation sites is 1. The number of hydroxylamine groups is 1. The first-order chi connectivity index (χ1) is 17.5. The molecule has 8 heteroatoms. The van der Waals surface area contributed by atoms with Crippen LogP contribution in [-0.4, -0.2) is 35.6 Å². The Morgan fingerprint density at radius 2 is 1.61 bits per heavy atom. The van der Waals surface area contributed by atoms with Crippen LogP contribution in [0, 0.1) is 5.92 Å². The smallest absolute Gasteiger partial charge is 0.336 e. The van der Waals surface area contributed by atoms with Crippen molar-refractivity contribution >= 4 is 29.2 Å². The number of aromatic carboxylic acids is 1. The van der Waals surface area contributed by atoms with Crippen molar-refractivity contribution in [1.82, 2.24) is 0 Å². The molecule has 0 bridgehead atoms. The minimum atomic E-state index is -1.12. The molecule has 1 N–H and O–H groups in total. The van der Waals surface area contributed by atoms with Crippen LogP contribution in [0.3, 0.4) is 0 Å². The highest BCUT2D eigenvalue weighted by Gasteiger charge is 2.60. The molecule has 2 amide bonds. The molecule has 0 aliphatic carbocycles. The maximum Gasteiger partial charge on any atom is 0.336 e. The fourth-order valence-electron chi connectivity index (χ4n) is 4.76. The Bertz CT molecular complexity index is 1280. The summed E-state index contributed by atoms with van der Waals surface area (Å²) in [6.45, 7) is 2.67. The van der Waals surface area contributed by atoms with Crippen LogP contribution in [0.2, 0.25) is 0 Å². The van der Waals surface area contributed by atoms with Crippen LogP contribution in [-0.2, 0) is 14.4 Å². The van der Waals surface area contributed by atoms with Crippen molar-refractivity contribution in [1.29, 1.82) is 0 Å². The molecule has 0 unspecified atom stereocenters. The van der Waals surface area contributed by atoms with Crippen molar-refractivity contribution in [3.63, 3.8) is 0 Å². The number of fused-ring (bicyclic) bond motifs is 1. The van der Waals surface area contributed by atoms with Crippen molar-refractivity contribution in [2.45, 2.75) is 31.9 Å². The Hall–Kier alpha value is -4.17. The second-order valence-electron chi connectivity index (χ2n) is 8.76. The van der Waals surface area contributed by atoms with E-state index in [-0.39, 0.29) is 5.56 Å². The van der Waals surface area contributed by atoms with E-state index in [1.165, 1.54) is 11.1 Å². The van der Waals surface area contributed by atoms with E-state index in [4.69, 9.17) is 9.57 Å². The van der Waals surface area contributed by atoms with Crippen LogP contribution in [0.4, 0.5) is 11.4 Å². The highest BCUT2D eigenvalue weighted by atomic mass is 16.7. The molecule has 0 radical (unpaired) electrons. The maximum atomic E-state index is 13.8. The van der Waals surface area contributed by atoms with Crippen molar-refractivity contribution < 1.29 is 29.1 Å². The minimum absolute atomic E-state index is 0.0555. The molecule has 3 atom stereocenters. The molecule has 184 valence electrons. The molecule has 2 fully saturated rings. The third kappa shape index (κ3) is 4.09. The number of hydrogen-bond donors (Lipinski definition) is 1. The van der Waals surface area contributed by atoms with E-state index in [1.807, 2.05) is 18.2 Å². The van der Waals surface area contributed by atoms with Crippen LogP contribution >= 0.6 is 0 Å². The van der Waals surface area contributed by atoms with Gasteiger partial charge in [0, 0.05) is 0 Å². The molecule has 5 rings (SSSR count). The summed E-state index contributed by atoms with van der Waals surface area (Å²) in [4.78, 5) is 46.5. The monoisotopic (exact) mass is 486 g/mol. The van der Waals surface area contributed by atoms with E-state index in [9.17, 15) is 19.5 Å². The largest absolute Gasteiger partial charge is 0.494 e. The lowest BCUT2D eigenvalue weighted by atomic mass is 9.88. The number of amides is 2. The first kappa shape index (κ1) is 23.6. The molecular weight excluding hydrogens is 460 g/mol. The van der Waals surface area contributed by atoms with Crippen LogP contribution < -0.4 is 14.7 Å². The third-order valence-corrected chi connectivity index (χ3v) is 6.50. The van der Waals surface area contributed by atoms with Gasteiger partial charge in [0.2, 0.25) is 5.91 Å². The summed E-state index contributed by atoms with van der Waals surface area (Å²) in [6, 6.07) is 21.6. The molecule has 0 saturated carbocycles. The van der Waals surface area contributed by atoms with Crippen LogP contribution in [0.1, 0.15) is 41.7 Å². The normalized spacial score (nSPS) is 21.1. The number of carboxylic acid groups (broad SMARTS) is 1. The molecule has 3 aromatic rings.